The maximum Gasteiger partial charge on any atom is 0.180 e. The second-order valence-electron chi connectivity index (χ2n) is 7.47. The standard InChI is InChI=1S/C26H24N2O2S/c1-17(29)21-4-3-5-22(15-21)19-8-6-18(7-9-19)14-24(25-16-31-26(27)28-25)20-10-12-23(30-2)13-11-20/h3-13,15-16,24H,14H2,1-2H3,(H2,27,28)/t24-/m0/s1. The molecule has 0 aliphatic heterocycles. The summed E-state index contributed by atoms with van der Waals surface area (Å²) >= 11 is 1.46. The number of carbonyl (C=O) groups excluding carboxylic acids is 1. The van der Waals surface area contributed by atoms with Crippen LogP contribution in [0.1, 0.15) is 40.0 Å². The average molecular weight is 429 g/mol. The number of nitrogens with two attached hydrogens (primary N) is 1. The molecule has 0 spiro atoms. The third kappa shape index (κ3) is 4.84. The molecule has 31 heavy (non-hydrogen) atoms. The summed E-state index contributed by atoms with van der Waals surface area (Å²) in [6.45, 7) is 1.59. The van der Waals surface area contributed by atoms with Gasteiger partial charge >= 0.3 is 0 Å². The summed E-state index contributed by atoms with van der Waals surface area (Å²) in [5.41, 5.74) is 12.1. The van der Waals surface area contributed by atoms with Crippen molar-refractivity contribution in [1.29, 1.82) is 0 Å². The lowest BCUT2D eigenvalue weighted by Gasteiger charge is -2.16. The largest absolute Gasteiger partial charge is 0.497 e. The maximum absolute atomic E-state index is 11.7. The molecule has 1 heterocycles. The number of benzene rings is 3. The van der Waals surface area contributed by atoms with Gasteiger partial charge in [0.25, 0.3) is 0 Å². The number of hydrogen-bond donors (Lipinski definition) is 1. The van der Waals surface area contributed by atoms with Gasteiger partial charge in [-0.3, -0.25) is 4.79 Å². The van der Waals surface area contributed by atoms with E-state index in [0.29, 0.717) is 5.13 Å². The summed E-state index contributed by atoms with van der Waals surface area (Å²) in [6, 6.07) is 24.3. The molecule has 1 aromatic heterocycles. The SMILES string of the molecule is COc1ccc([C@H](Cc2ccc(-c3cccc(C(C)=O)c3)cc2)c2csc(N)n2)cc1. The number of anilines is 1. The first-order valence-electron chi connectivity index (χ1n) is 10.1. The first kappa shape index (κ1) is 20.8. The molecule has 0 aliphatic rings. The second kappa shape index (κ2) is 9.14. The van der Waals surface area contributed by atoms with E-state index in [0.717, 1.165) is 34.6 Å². The highest BCUT2D eigenvalue weighted by Crippen LogP contribution is 2.32. The fraction of sp³-hybridized carbons (Fsp3) is 0.154. The number of methoxy groups -OCH3 is 1. The van der Waals surface area contributed by atoms with Crippen LogP contribution in [0.4, 0.5) is 5.13 Å². The van der Waals surface area contributed by atoms with Crippen LogP contribution in [0.15, 0.2) is 78.2 Å². The molecule has 0 saturated heterocycles. The molecule has 2 N–H and O–H groups in total. The molecule has 0 amide bonds. The summed E-state index contributed by atoms with van der Waals surface area (Å²) in [5.74, 6) is 1.01. The Bertz CT molecular complexity index is 1180. The monoisotopic (exact) mass is 428 g/mol. The van der Waals surface area contributed by atoms with Gasteiger partial charge in [-0.25, -0.2) is 4.98 Å². The number of nitrogen functional groups attached to an aromatic ring is 1. The van der Waals surface area contributed by atoms with Crippen LogP contribution in [0.5, 0.6) is 5.75 Å². The Balaban J connectivity index is 1.61. The van der Waals surface area contributed by atoms with Crippen LogP contribution >= 0.6 is 11.3 Å². The Hall–Kier alpha value is -3.44. The van der Waals surface area contributed by atoms with E-state index in [1.54, 1.807) is 14.0 Å². The number of hydrogen-bond acceptors (Lipinski definition) is 5. The third-order valence-corrected chi connectivity index (χ3v) is 6.10. The van der Waals surface area contributed by atoms with Gasteiger partial charge in [-0.1, -0.05) is 54.6 Å². The smallest absolute Gasteiger partial charge is 0.180 e. The summed E-state index contributed by atoms with van der Waals surface area (Å²) in [5, 5.41) is 2.61. The zero-order chi connectivity index (χ0) is 21.8. The van der Waals surface area contributed by atoms with Gasteiger partial charge < -0.3 is 10.5 Å². The molecule has 156 valence electrons. The van der Waals surface area contributed by atoms with Gasteiger partial charge in [0.05, 0.1) is 12.8 Å². The first-order chi connectivity index (χ1) is 15.0. The second-order valence-corrected chi connectivity index (χ2v) is 8.36. The molecule has 0 fully saturated rings. The number of ketones is 1. The quantitative estimate of drug-likeness (QED) is 0.368. The van der Waals surface area contributed by atoms with Crippen LogP contribution < -0.4 is 10.5 Å². The van der Waals surface area contributed by atoms with Gasteiger partial charge in [0, 0.05) is 16.9 Å². The van der Waals surface area contributed by atoms with E-state index >= 15 is 0 Å². The predicted molar refractivity (Wildman–Crippen MR) is 127 cm³/mol. The zero-order valence-electron chi connectivity index (χ0n) is 17.5. The highest BCUT2D eigenvalue weighted by Gasteiger charge is 2.18. The van der Waals surface area contributed by atoms with E-state index in [4.69, 9.17) is 10.5 Å². The van der Waals surface area contributed by atoms with Crippen molar-refractivity contribution in [2.24, 2.45) is 0 Å². The van der Waals surface area contributed by atoms with E-state index in [2.05, 4.69) is 41.4 Å². The molecular formula is C26H24N2O2S. The Morgan fingerprint density at radius 1 is 1.03 bits per heavy atom. The highest BCUT2D eigenvalue weighted by atomic mass is 32.1. The van der Waals surface area contributed by atoms with Crippen molar-refractivity contribution in [2.75, 3.05) is 12.8 Å². The van der Waals surface area contributed by atoms with E-state index in [1.807, 2.05) is 41.8 Å². The lowest BCUT2D eigenvalue weighted by atomic mass is 9.89. The van der Waals surface area contributed by atoms with Gasteiger partial charge in [-0.05, 0) is 53.8 Å². The maximum atomic E-state index is 11.7. The van der Waals surface area contributed by atoms with Crippen molar-refractivity contribution in [1.82, 2.24) is 4.98 Å². The lowest BCUT2D eigenvalue weighted by Crippen LogP contribution is -2.06. The normalized spacial score (nSPS) is 11.8. The molecule has 0 bridgehead atoms. The fourth-order valence-corrected chi connectivity index (χ4v) is 4.29. The molecule has 4 nitrogen and oxygen atoms in total. The molecule has 0 aliphatic carbocycles. The van der Waals surface area contributed by atoms with E-state index < -0.39 is 0 Å². The Morgan fingerprint density at radius 3 is 2.39 bits per heavy atom. The van der Waals surface area contributed by atoms with Crippen molar-refractivity contribution in [3.05, 3.63) is 101 Å². The number of nitrogens with zero attached hydrogens (tertiary/aromatic N) is 1. The summed E-state index contributed by atoms with van der Waals surface area (Å²) < 4.78 is 5.30. The predicted octanol–water partition coefficient (Wildman–Crippen LogP) is 5.98. The van der Waals surface area contributed by atoms with Crippen molar-refractivity contribution in [2.45, 2.75) is 19.3 Å². The van der Waals surface area contributed by atoms with Crippen molar-refractivity contribution < 1.29 is 9.53 Å². The lowest BCUT2D eigenvalue weighted by molar-refractivity contribution is 0.101. The van der Waals surface area contributed by atoms with E-state index in [-0.39, 0.29) is 11.7 Å². The number of rotatable bonds is 7. The van der Waals surface area contributed by atoms with Crippen LogP contribution in [0, 0.1) is 0 Å². The van der Waals surface area contributed by atoms with E-state index in [9.17, 15) is 4.79 Å². The highest BCUT2D eigenvalue weighted by molar-refractivity contribution is 7.13. The molecule has 0 unspecified atom stereocenters. The third-order valence-electron chi connectivity index (χ3n) is 5.41. The molecule has 0 saturated carbocycles. The number of Topliss-reactive ketones (excluding diaryl/α,β-unsaturated/α-hetero) is 1. The van der Waals surface area contributed by atoms with Crippen molar-refractivity contribution >= 4 is 22.3 Å². The van der Waals surface area contributed by atoms with Crippen LogP contribution in [-0.2, 0) is 6.42 Å². The molecule has 1 atom stereocenters. The summed E-state index contributed by atoms with van der Waals surface area (Å²) in [6.07, 6.45) is 0.809. The molecule has 3 aromatic carbocycles. The molecule has 0 radical (unpaired) electrons. The number of ether oxygens (including phenoxy) is 1. The molecular weight excluding hydrogens is 404 g/mol. The van der Waals surface area contributed by atoms with Gasteiger partial charge in [-0.2, -0.15) is 0 Å². The topological polar surface area (TPSA) is 65.2 Å². The molecule has 4 rings (SSSR count). The minimum atomic E-state index is 0.0725. The van der Waals surface area contributed by atoms with Gasteiger partial charge in [0.2, 0.25) is 0 Å². The Morgan fingerprint density at radius 2 is 1.77 bits per heavy atom. The first-order valence-corrected chi connectivity index (χ1v) is 11.0. The summed E-state index contributed by atoms with van der Waals surface area (Å²) in [4.78, 5) is 16.2. The number of aromatic nitrogens is 1. The number of thiazole rings is 1. The van der Waals surface area contributed by atoms with Crippen molar-refractivity contribution in [3.63, 3.8) is 0 Å². The van der Waals surface area contributed by atoms with Gasteiger partial charge in [0.1, 0.15) is 5.75 Å². The van der Waals surface area contributed by atoms with Gasteiger partial charge in [0.15, 0.2) is 10.9 Å². The van der Waals surface area contributed by atoms with Gasteiger partial charge in [-0.15, -0.1) is 11.3 Å². The van der Waals surface area contributed by atoms with Crippen molar-refractivity contribution in [3.8, 4) is 16.9 Å². The van der Waals surface area contributed by atoms with Crippen LogP contribution in [0.3, 0.4) is 0 Å². The molecule has 5 heteroatoms. The molecule has 4 aromatic rings. The fourth-order valence-electron chi connectivity index (χ4n) is 3.68. The minimum absolute atomic E-state index is 0.0725. The minimum Gasteiger partial charge on any atom is -0.497 e. The Kier molecular flexibility index (Phi) is 6.14. The van der Waals surface area contributed by atoms with Crippen LogP contribution in [-0.4, -0.2) is 17.9 Å². The average Bonchev–Trinajstić information content (AvgIpc) is 3.24. The van der Waals surface area contributed by atoms with Crippen LogP contribution in [0.2, 0.25) is 0 Å². The van der Waals surface area contributed by atoms with Crippen LogP contribution in [0.25, 0.3) is 11.1 Å². The zero-order valence-corrected chi connectivity index (χ0v) is 18.4. The number of carbonyl (C=O) groups is 1. The van der Waals surface area contributed by atoms with E-state index in [1.165, 1.54) is 22.5 Å². The Labute approximate surface area is 186 Å². The summed E-state index contributed by atoms with van der Waals surface area (Å²) in [7, 11) is 1.67.